The average Bonchev–Trinajstić information content (AvgIpc) is 3.25. The van der Waals surface area contributed by atoms with Crippen molar-refractivity contribution < 1.29 is 9.32 Å². The van der Waals surface area contributed by atoms with E-state index in [1.165, 1.54) is 0 Å². The molecule has 30 heavy (non-hydrogen) atoms. The Morgan fingerprint density at radius 3 is 2.40 bits per heavy atom. The molecule has 0 aliphatic carbocycles. The molecule has 1 saturated heterocycles. The number of carbonyl (C=O) groups is 1. The Morgan fingerprint density at radius 2 is 1.77 bits per heavy atom. The molecule has 2 aromatic carbocycles. The molecular weight excluding hydrogens is 421 g/mol. The normalized spacial score (nSPS) is 15.9. The Bertz CT molecular complexity index is 994. The summed E-state index contributed by atoms with van der Waals surface area (Å²) in [6.45, 7) is 3.41. The highest BCUT2D eigenvalue weighted by Gasteiger charge is 2.31. The van der Waals surface area contributed by atoms with Crippen LogP contribution >= 0.6 is 23.2 Å². The van der Waals surface area contributed by atoms with E-state index < -0.39 is 0 Å². The zero-order valence-corrected chi connectivity index (χ0v) is 18.2. The molecule has 5 nitrogen and oxygen atoms in total. The van der Waals surface area contributed by atoms with E-state index in [1.54, 1.807) is 18.2 Å². The first-order valence-electron chi connectivity index (χ1n) is 10.2. The van der Waals surface area contributed by atoms with Crippen LogP contribution in [0.5, 0.6) is 0 Å². The molecule has 7 heteroatoms. The summed E-state index contributed by atoms with van der Waals surface area (Å²) in [5.74, 6) is 1.18. The van der Waals surface area contributed by atoms with Gasteiger partial charge in [0.2, 0.25) is 17.6 Å². The van der Waals surface area contributed by atoms with Crippen LogP contribution in [0.3, 0.4) is 0 Å². The first-order valence-corrected chi connectivity index (χ1v) is 11.0. The fraction of sp³-hybridized carbons (Fsp3) is 0.348. The number of benzene rings is 2. The van der Waals surface area contributed by atoms with Crippen LogP contribution in [0, 0.1) is 0 Å². The van der Waals surface area contributed by atoms with Gasteiger partial charge in [0.05, 0.1) is 21.5 Å². The van der Waals surface area contributed by atoms with Gasteiger partial charge in [-0.1, -0.05) is 71.7 Å². The topological polar surface area (TPSA) is 59.2 Å². The summed E-state index contributed by atoms with van der Waals surface area (Å²) in [5, 5.41) is 5.06. The minimum atomic E-state index is -0.0971. The lowest BCUT2D eigenvalue weighted by molar-refractivity contribution is -0.134. The summed E-state index contributed by atoms with van der Waals surface area (Å²) in [4.78, 5) is 19.6. The van der Waals surface area contributed by atoms with Gasteiger partial charge in [0.15, 0.2) is 0 Å². The number of piperidine rings is 1. The SMILES string of the molecule is CC[C@H](C(=O)N1CCC(c2nc(-c3c(Cl)cccc3Cl)no2)CC1)c1ccccc1. The second-order valence-electron chi connectivity index (χ2n) is 7.52. The van der Waals surface area contributed by atoms with Crippen LogP contribution in [0.2, 0.25) is 10.0 Å². The maximum Gasteiger partial charge on any atom is 0.230 e. The van der Waals surface area contributed by atoms with Crippen molar-refractivity contribution in [3.05, 3.63) is 70.0 Å². The van der Waals surface area contributed by atoms with Crippen LogP contribution in [0.1, 0.15) is 49.5 Å². The second-order valence-corrected chi connectivity index (χ2v) is 8.34. The smallest absolute Gasteiger partial charge is 0.230 e. The lowest BCUT2D eigenvalue weighted by Crippen LogP contribution is -2.40. The largest absolute Gasteiger partial charge is 0.342 e. The lowest BCUT2D eigenvalue weighted by atomic mass is 9.92. The van der Waals surface area contributed by atoms with Gasteiger partial charge >= 0.3 is 0 Å². The first kappa shape index (κ1) is 20.9. The summed E-state index contributed by atoms with van der Waals surface area (Å²) >= 11 is 12.5. The fourth-order valence-corrected chi connectivity index (χ4v) is 4.59. The summed E-state index contributed by atoms with van der Waals surface area (Å²) < 4.78 is 5.52. The molecule has 3 aromatic rings. The van der Waals surface area contributed by atoms with Crippen LogP contribution in [0.25, 0.3) is 11.4 Å². The molecule has 4 rings (SSSR count). The van der Waals surface area contributed by atoms with E-state index in [9.17, 15) is 4.79 Å². The molecule has 2 heterocycles. The van der Waals surface area contributed by atoms with E-state index in [4.69, 9.17) is 27.7 Å². The highest BCUT2D eigenvalue weighted by atomic mass is 35.5. The molecule has 1 aliphatic rings. The van der Waals surface area contributed by atoms with Crippen molar-refractivity contribution in [1.82, 2.24) is 15.0 Å². The molecule has 0 spiro atoms. The van der Waals surface area contributed by atoms with Gasteiger partial charge in [-0.3, -0.25) is 4.79 Å². The minimum Gasteiger partial charge on any atom is -0.342 e. The molecule has 1 aliphatic heterocycles. The number of aromatic nitrogens is 2. The van der Waals surface area contributed by atoms with Crippen molar-refractivity contribution >= 4 is 29.1 Å². The maximum atomic E-state index is 13.1. The minimum absolute atomic E-state index is 0.0971. The third kappa shape index (κ3) is 4.23. The lowest BCUT2D eigenvalue weighted by Gasteiger charge is -2.33. The van der Waals surface area contributed by atoms with Crippen LogP contribution < -0.4 is 0 Å². The van der Waals surface area contributed by atoms with E-state index in [2.05, 4.69) is 17.1 Å². The predicted molar refractivity (Wildman–Crippen MR) is 118 cm³/mol. The summed E-state index contributed by atoms with van der Waals surface area (Å²) in [6, 6.07) is 15.3. The molecule has 1 atom stereocenters. The number of likely N-dealkylation sites (tertiary alicyclic amines) is 1. The molecule has 0 saturated carbocycles. The van der Waals surface area contributed by atoms with E-state index in [1.807, 2.05) is 35.2 Å². The van der Waals surface area contributed by atoms with Crippen LogP contribution in [-0.4, -0.2) is 34.0 Å². The van der Waals surface area contributed by atoms with Gasteiger partial charge in [-0.2, -0.15) is 4.98 Å². The highest BCUT2D eigenvalue weighted by Crippen LogP contribution is 2.35. The Morgan fingerprint density at radius 1 is 1.10 bits per heavy atom. The van der Waals surface area contributed by atoms with E-state index in [0.29, 0.717) is 40.4 Å². The van der Waals surface area contributed by atoms with Gasteiger partial charge in [0.25, 0.3) is 0 Å². The Hall–Kier alpha value is -2.37. The number of hydrogen-bond acceptors (Lipinski definition) is 4. The average molecular weight is 444 g/mol. The highest BCUT2D eigenvalue weighted by molar-refractivity contribution is 6.38. The van der Waals surface area contributed by atoms with E-state index in [0.717, 1.165) is 24.8 Å². The fourth-order valence-electron chi connectivity index (χ4n) is 4.02. The Labute approximate surface area is 186 Å². The molecule has 0 radical (unpaired) electrons. The molecule has 1 aromatic heterocycles. The number of rotatable bonds is 5. The van der Waals surface area contributed by atoms with Crippen LogP contribution in [0.15, 0.2) is 53.1 Å². The first-order chi connectivity index (χ1) is 14.6. The molecule has 0 N–H and O–H groups in total. The summed E-state index contributed by atoms with van der Waals surface area (Å²) in [6.07, 6.45) is 2.36. The maximum absolute atomic E-state index is 13.1. The van der Waals surface area contributed by atoms with Gasteiger partial charge in [0.1, 0.15) is 0 Å². The zero-order valence-electron chi connectivity index (χ0n) is 16.7. The molecule has 1 amide bonds. The van der Waals surface area contributed by atoms with Gasteiger partial charge in [-0.25, -0.2) is 0 Å². The summed E-state index contributed by atoms with van der Waals surface area (Å²) in [7, 11) is 0. The van der Waals surface area contributed by atoms with Crippen molar-refractivity contribution in [2.24, 2.45) is 0 Å². The Kier molecular flexibility index (Phi) is 6.40. The third-order valence-corrected chi connectivity index (χ3v) is 6.32. The van der Waals surface area contributed by atoms with Gasteiger partial charge in [0, 0.05) is 19.0 Å². The third-order valence-electron chi connectivity index (χ3n) is 5.69. The summed E-state index contributed by atoms with van der Waals surface area (Å²) in [5.41, 5.74) is 1.65. The van der Waals surface area contributed by atoms with Crippen molar-refractivity contribution in [2.75, 3.05) is 13.1 Å². The monoisotopic (exact) mass is 443 g/mol. The van der Waals surface area contributed by atoms with Gasteiger partial charge < -0.3 is 9.42 Å². The number of halogens is 2. The van der Waals surface area contributed by atoms with E-state index >= 15 is 0 Å². The van der Waals surface area contributed by atoms with Crippen LogP contribution in [-0.2, 0) is 4.79 Å². The molecule has 1 fully saturated rings. The van der Waals surface area contributed by atoms with Crippen molar-refractivity contribution in [1.29, 1.82) is 0 Å². The number of nitrogens with zero attached hydrogens (tertiary/aromatic N) is 3. The van der Waals surface area contributed by atoms with Gasteiger partial charge in [-0.15, -0.1) is 0 Å². The molecule has 0 bridgehead atoms. The Balaban J connectivity index is 1.43. The second kappa shape index (κ2) is 9.19. The predicted octanol–water partition coefficient (Wildman–Crippen LogP) is 5.94. The zero-order chi connectivity index (χ0) is 21.1. The molecule has 0 unspecified atom stereocenters. The standard InChI is InChI=1S/C23H23Cl2N3O2/c1-2-17(15-7-4-3-5-8-15)23(29)28-13-11-16(12-14-28)22-26-21(27-30-22)20-18(24)9-6-10-19(20)25/h3-10,16-17H,2,11-14H2,1H3/t17-/m0/s1. The molecular formula is C23H23Cl2N3O2. The molecule has 156 valence electrons. The quantitative estimate of drug-likeness (QED) is 0.489. The van der Waals surface area contributed by atoms with Crippen molar-refractivity contribution in [3.8, 4) is 11.4 Å². The van der Waals surface area contributed by atoms with Crippen molar-refractivity contribution in [3.63, 3.8) is 0 Å². The van der Waals surface area contributed by atoms with Gasteiger partial charge in [-0.05, 0) is 37.0 Å². The number of hydrogen-bond donors (Lipinski definition) is 0. The number of amides is 1. The van der Waals surface area contributed by atoms with E-state index in [-0.39, 0.29) is 17.7 Å². The van der Waals surface area contributed by atoms with Crippen LogP contribution in [0.4, 0.5) is 0 Å². The number of carbonyl (C=O) groups excluding carboxylic acids is 1. The van der Waals surface area contributed by atoms with Crippen molar-refractivity contribution in [2.45, 2.75) is 38.0 Å².